The molecule has 116 valence electrons. The van der Waals surface area contributed by atoms with Crippen LogP contribution in [0.3, 0.4) is 0 Å². The molecule has 2 aliphatic heterocycles. The molecule has 6 heteroatoms. The van der Waals surface area contributed by atoms with E-state index in [2.05, 4.69) is 0 Å². The highest BCUT2D eigenvalue weighted by Crippen LogP contribution is 2.52. The number of fused-ring (bicyclic) bond motifs is 3. The van der Waals surface area contributed by atoms with Gasteiger partial charge in [0, 0.05) is 13.0 Å². The van der Waals surface area contributed by atoms with Gasteiger partial charge in [-0.1, -0.05) is 0 Å². The molecule has 0 aromatic carbocycles. The van der Waals surface area contributed by atoms with Gasteiger partial charge in [0.15, 0.2) is 0 Å². The molecule has 0 aromatic rings. The number of carbonyl (C=O) groups is 2. The van der Waals surface area contributed by atoms with Crippen LogP contribution in [0.1, 0.15) is 26.2 Å². The van der Waals surface area contributed by atoms with E-state index in [1.807, 2.05) is 0 Å². The van der Waals surface area contributed by atoms with Crippen LogP contribution in [0, 0.1) is 11.8 Å². The maximum absolute atomic E-state index is 12.3. The van der Waals surface area contributed by atoms with Crippen LogP contribution in [0.2, 0.25) is 0 Å². The number of nitrogens with zero attached hydrogens (tertiary/aromatic N) is 1. The molecule has 0 radical (unpaired) electrons. The van der Waals surface area contributed by atoms with Gasteiger partial charge in [-0.15, -0.1) is 0 Å². The van der Waals surface area contributed by atoms with Gasteiger partial charge in [-0.3, -0.25) is 4.79 Å². The van der Waals surface area contributed by atoms with Gasteiger partial charge in [0.05, 0.1) is 31.3 Å². The monoisotopic (exact) mass is 295 g/mol. The molecule has 6 nitrogen and oxygen atoms in total. The van der Waals surface area contributed by atoms with E-state index in [1.165, 1.54) is 12.0 Å². The second-order valence-corrected chi connectivity index (χ2v) is 6.02. The summed E-state index contributed by atoms with van der Waals surface area (Å²) in [6.45, 7) is 1.63. The third-order valence-corrected chi connectivity index (χ3v) is 5.03. The van der Waals surface area contributed by atoms with E-state index in [0.29, 0.717) is 5.70 Å². The van der Waals surface area contributed by atoms with Gasteiger partial charge in [-0.2, -0.15) is 0 Å². The third kappa shape index (κ3) is 1.85. The first-order valence-corrected chi connectivity index (χ1v) is 7.39. The Kier molecular flexibility index (Phi) is 3.53. The van der Waals surface area contributed by atoms with E-state index >= 15 is 0 Å². The van der Waals surface area contributed by atoms with Gasteiger partial charge in [-0.05, 0) is 31.8 Å². The lowest BCUT2D eigenvalue weighted by Crippen LogP contribution is -2.64. The number of amides is 1. The largest absolute Gasteiger partial charge is 0.464 e. The average molecular weight is 295 g/mol. The predicted molar refractivity (Wildman–Crippen MR) is 73.0 cm³/mol. The summed E-state index contributed by atoms with van der Waals surface area (Å²) in [5, 5.41) is 9.87. The van der Waals surface area contributed by atoms with Crippen molar-refractivity contribution in [1.82, 2.24) is 4.90 Å². The van der Waals surface area contributed by atoms with Gasteiger partial charge in [0.25, 0.3) is 0 Å². The first-order chi connectivity index (χ1) is 10.0. The quantitative estimate of drug-likeness (QED) is 0.604. The Labute approximate surface area is 123 Å². The number of carbonyl (C=O) groups excluding carboxylic acids is 2. The summed E-state index contributed by atoms with van der Waals surface area (Å²) in [7, 11) is 2.94. The third-order valence-electron chi connectivity index (χ3n) is 5.03. The minimum absolute atomic E-state index is 0.0927. The summed E-state index contributed by atoms with van der Waals surface area (Å²) in [5.41, 5.74) is 1.23. The van der Waals surface area contributed by atoms with E-state index in [-0.39, 0.29) is 24.0 Å². The van der Waals surface area contributed by atoms with Crippen molar-refractivity contribution in [3.8, 4) is 0 Å². The number of hydrogen-bond donors (Lipinski definition) is 1. The summed E-state index contributed by atoms with van der Waals surface area (Å²) >= 11 is 0. The molecular formula is C15H21NO5. The first-order valence-electron chi connectivity index (χ1n) is 7.39. The van der Waals surface area contributed by atoms with Crippen LogP contribution < -0.4 is 0 Å². The molecule has 1 N–H and O–H groups in total. The molecule has 1 saturated heterocycles. The zero-order valence-corrected chi connectivity index (χ0v) is 12.5. The topological polar surface area (TPSA) is 76.1 Å². The smallest absolute Gasteiger partial charge is 0.354 e. The van der Waals surface area contributed by atoms with Crippen molar-refractivity contribution in [2.24, 2.45) is 11.8 Å². The fourth-order valence-electron chi connectivity index (χ4n) is 4.17. The van der Waals surface area contributed by atoms with Crippen molar-refractivity contribution in [1.29, 1.82) is 0 Å². The molecule has 3 rings (SSSR count). The van der Waals surface area contributed by atoms with Crippen molar-refractivity contribution >= 4 is 11.9 Å². The van der Waals surface area contributed by atoms with Gasteiger partial charge in [0.2, 0.25) is 5.91 Å². The van der Waals surface area contributed by atoms with E-state index in [1.54, 1.807) is 14.0 Å². The Hall–Kier alpha value is -1.40. The number of hydrogen-bond acceptors (Lipinski definition) is 5. The molecule has 1 aliphatic carbocycles. The molecular weight excluding hydrogens is 274 g/mol. The second kappa shape index (κ2) is 5.10. The predicted octanol–water partition coefficient (Wildman–Crippen LogP) is 0.450. The molecule has 0 unspecified atom stereocenters. The lowest BCUT2D eigenvalue weighted by molar-refractivity contribution is -0.164. The molecule has 0 bridgehead atoms. The van der Waals surface area contributed by atoms with Crippen LogP contribution in [0.25, 0.3) is 0 Å². The number of β-lactam (4-membered cyclic amide) rings is 1. The Bertz CT molecular complexity index is 512. The second-order valence-electron chi connectivity index (χ2n) is 6.02. The highest BCUT2D eigenvalue weighted by Gasteiger charge is 2.62. The maximum atomic E-state index is 12.3. The van der Waals surface area contributed by atoms with E-state index < -0.39 is 18.0 Å². The zero-order chi connectivity index (χ0) is 15.3. The highest BCUT2D eigenvalue weighted by molar-refractivity contribution is 6.01. The fourth-order valence-corrected chi connectivity index (χ4v) is 4.17. The lowest BCUT2D eigenvalue weighted by atomic mass is 9.72. The number of ether oxygens (including phenoxy) is 2. The minimum atomic E-state index is -0.708. The van der Waals surface area contributed by atoms with Gasteiger partial charge >= 0.3 is 5.97 Å². The molecule has 0 aromatic heterocycles. The molecule has 2 fully saturated rings. The van der Waals surface area contributed by atoms with E-state index in [0.717, 1.165) is 24.8 Å². The molecule has 1 saturated carbocycles. The maximum Gasteiger partial charge on any atom is 0.354 e. The Morgan fingerprint density at radius 1 is 1.38 bits per heavy atom. The Morgan fingerprint density at radius 3 is 2.67 bits per heavy atom. The lowest BCUT2D eigenvalue weighted by Gasteiger charge is -2.47. The van der Waals surface area contributed by atoms with E-state index in [9.17, 15) is 14.7 Å². The summed E-state index contributed by atoms with van der Waals surface area (Å²) in [6.07, 6.45) is 1.89. The van der Waals surface area contributed by atoms with Crippen LogP contribution in [-0.4, -0.2) is 54.4 Å². The molecule has 2 heterocycles. The standard InChI is InChI=1S/C15H21NO5/c1-7(17)10-12-8-5-4-6-9(20-2)11(8)13(15(19)21-3)16(12)14(10)18/h7-10,12,17H,4-6H2,1-3H3/t7-,8-,9-,10-,12-/m1/s1. The SMILES string of the molecule is COC(=O)C1=C2[C@@H](CCC[C@H]2OC)[C@@H]2[C@@H]([C@@H](C)O)C(=O)N12. The molecule has 1 amide bonds. The summed E-state index contributed by atoms with van der Waals surface area (Å²) in [5.74, 6) is -1.01. The van der Waals surface area contributed by atoms with Crippen LogP contribution in [-0.2, 0) is 19.1 Å². The number of aliphatic hydroxyl groups is 1. The van der Waals surface area contributed by atoms with Gasteiger partial charge in [0.1, 0.15) is 5.70 Å². The van der Waals surface area contributed by atoms with Crippen molar-refractivity contribution < 1.29 is 24.2 Å². The number of esters is 1. The van der Waals surface area contributed by atoms with Crippen LogP contribution in [0.15, 0.2) is 11.3 Å². The summed E-state index contributed by atoms with van der Waals surface area (Å²) in [4.78, 5) is 26.0. The van der Waals surface area contributed by atoms with Crippen LogP contribution >= 0.6 is 0 Å². The van der Waals surface area contributed by atoms with Crippen molar-refractivity contribution in [3.05, 3.63) is 11.3 Å². The summed E-state index contributed by atoms with van der Waals surface area (Å²) in [6, 6.07) is -0.125. The average Bonchev–Trinajstić information content (AvgIpc) is 2.76. The van der Waals surface area contributed by atoms with Gasteiger partial charge in [-0.25, -0.2) is 4.79 Å². The normalized spacial score (nSPS) is 36.0. The van der Waals surface area contributed by atoms with Crippen LogP contribution in [0.4, 0.5) is 0 Å². The van der Waals surface area contributed by atoms with Crippen molar-refractivity contribution in [3.63, 3.8) is 0 Å². The Balaban J connectivity index is 2.05. The summed E-state index contributed by atoms with van der Waals surface area (Å²) < 4.78 is 10.4. The number of methoxy groups -OCH3 is 2. The molecule has 21 heavy (non-hydrogen) atoms. The first kappa shape index (κ1) is 14.5. The number of rotatable bonds is 3. The molecule has 5 atom stereocenters. The minimum Gasteiger partial charge on any atom is -0.464 e. The highest BCUT2D eigenvalue weighted by atomic mass is 16.5. The van der Waals surface area contributed by atoms with E-state index in [4.69, 9.17) is 9.47 Å². The van der Waals surface area contributed by atoms with Crippen molar-refractivity contribution in [2.45, 2.75) is 44.4 Å². The van der Waals surface area contributed by atoms with Crippen molar-refractivity contribution in [2.75, 3.05) is 14.2 Å². The Morgan fingerprint density at radius 2 is 2.10 bits per heavy atom. The number of aliphatic hydroxyl groups excluding tert-OH is 1. The zero-order valence-electron chi connectivity index (χ0n) is 12.5. The van der Waals surface area contributed by atoms with Crippen LogP contribution in [0.5, 0.6) is 0 Å². The molecule has 3 aliphatic rings. The fraction of sp³-hybridized carbons (Fsp3) is 0.733. The van der Waals surface area contributed by atoms with Gasteiger partial charge < -0.3 is 19.5 Å². The molecule has 0 spiro atoms.